The third-order valence-corrected chi connectivity index (χ3v) is 7.22. The lowest BCUT2D eigenvalue weighted by atomic mass is 9.83. The number of methoxy groups -OCH3 is 2. The number of fused-ring (bicyclic) bond motifs is 3. The number of amides is 1. The summed E-state index contributed by atoms with van der Waals surface area (Å²) in [5, 5.41) is 3.20. The van der Waals surface area contributed by atoms with Gasteiger partial charge >= 0.3 is 0 Å². The average molecular weight is 452 g/mol. The van der Waals surface area contributed by atoms with Gasteiger partial charge in [-0.1, -0.05) is 18.2 Å². The van der Waals surface area contributed by atoms with Gasteiger partial charge in [0, 0.05) is 44.5 Å². The molecule has 0 aromatic heterocycles. The van der Waals surface area contributed by atoms with Crippen LogP contribution in [0.3, 0.4) is 0 Å². The Balaban J connectivity index is 1.42. The number of ether oxygens (including phenoxy) is 3. The van der Waals surface area contributed by atoms with Crippen LogP contribution in [-0.4, -0.2) is 65.1 Å². The first-order valence-corrected chi connectivity index (χ1v) is 11.9. The van der Waals surface area contributed by atoms with Crippen molar-refractivity contribution in [3.8, 4) is 11.5 Å². The molecule has 5 rings (SSSR count). The molecular formula is C26H33N3O4. The number of benzene rings is 2. The number of carbonyl (C=O) groups excluding carboxylic acids is 1. The largest absolute Gasteiger partial charge is 0.497 e. The highest BCUT2D eigenvalue weighted by molar-refractivity contribution is 5.82. The molecule has 2 aromatic rings. The highest BCUT2D eigenvalue weighted by atomic mass is 16.5. The van der Waals surface area contributed by atoms with Crippen LogP contribution in [-0.2, 0) is 16.0 Å². The Bertz CT molecular complexity index is 991. The van der Waals surface area contributed by atoms with E-state index in [1.165, 1.54) is 11.3 Å². The van der Waals surface area contributed by atoms with Crippen LogP contribution in [0.4, 0.5) is 11.4 Å². The molecule has 0 bridgehead atoms. The molecule has 3 heterocycles. The maximum atomic E-state index is 13.4. The van der Waals surface area contributed by atoms with Gasteiger partial charge in [-0.2, -0.15) is 0 Å². The molecule has 2 aromatic carbocycles. The molecule has 2 fully saturated rings. The average Bonchev–Trinajstić information content (AvgIpc) is 3.40. The lowest BCUT2D eigenvalue weighted by Crippen LogP contribution is -2.61. The smallest absolute Gasteiger partial charge is 0.225 e. The Hall–Kier alpha value is -2.93. The van der Waals surface area contributed by atoms with Crippen LogP contribution in [0.25, 0.3) is 0 Å². The Labute approximate surface area is 195 Å². The topological polar surface area (TPSA) is 63.3 Å². The fraction of sp³-hybridized carbons (Fsp3) is 0.500. The zero-order valence-electron chi connectivity index (χ0n) is 19.5. The molecule has 176 valence electrons. The van der Waals surface area contributed by atoms with Crippen LogP contribution in [0, 0.1) is 5.92 Å². The zero-order chi connectivity index (χ0) is 22.8. The van der Waals surface area contributed by atoms with Crippen molar-refractivity contribution in [2.24, 2.45) is 5.92 Å². The van der Waals surface area contributed by atoms with E-state index < -0.39 is 0 Å². The van der Waals surface area contributed by atoms with E-state index in [1.54, 1.807) is 14.2 Å². The van der Waals surface area contributed by atoms with Crippen LogP contribution in [0.5, 0.6) is 11.5 Å². The first kappa shape index (κ1) is 21.9. The van der Waals surface area contributed by atoms with Gasteiger partial charge in [-0.25, -0.2) is 0 Å². The number of nitrogens with zero attached hydrogens (tertiary/aromatic N) is 2. The minimum absolute atomic E-state index is 0.0627. The van der Waals surface area contributed by atoms with Crippen molar-refractivity contribution in [2.45, 2.75) is 31.4 Å². The molecule has 0 aliphatic carbocycles. The Morgan fingerprint density at radius 2 is 2.00 bits per heavy atom. The molecule has 3 aliphatic heterocycles. The maximum absolute atomic E-state index is 13.4. The standard InChI is InChI=1S/C26H33N3O4/c1-31-19-10-9-18-14-21(26(30)27-16-20-6-5-13-33-20)24-17-28(11-12-29(24)23(18)15-19)22-7-3-4-8-25(22)32-2/h3-4,7-10,15,20-21,24H,5-6,11-14,16-17H2,1-2H3,(H,27,30)/t20-,21+,24+/m0/s1. The minimum atomic E-state index is -0.134. The van der Waals surface area contributed by atoms with Crippen LogP contribution in [0.2, 0.25) is 0 Å². The lowest BCUT2D eigenvalue weighted by molar-refractivity contribution is -0.126. The Kier molecular flexibility index (Phi) is 6.31. The number of rotatable bonds is 6. The summed E-state index contributed by atoms with van der Waals surface area (Å²) >= 11 is 0. The summed E-state index contributed by atoms with van der Waals surface area (Å²) in [6, 6.07) is 14.4. The van der Waals surface area contributed by atoms with Crippen molar-refractivity contribution in [1.82, 2.24) is 5.32 Å². The van der Waals surface area contributed by atoms with Crippen molar-refractivity contribution in [3.63, 3.8) is 0 Å². The number of para-hydroxylation sites is 2. The molecule has 3 aliphatic rings. The summed E-state index contributed by atoms with van der Waals surface area (Å²) < 4.78 is 16.8. The van der Waals surface area contributed by atoms with Crippen molar-refractivity contribution in [1.29, 1.82) is 0 Å². The van der Waals surface area contributed by atoms with Crippen LogP contribution >= 0.6 is 0 Å². The Morgan fingerprint density at radius 3 is 2.79 bits per heavy atom. The number of hydrogen-bond acceptors (Lipinski definition) is 6. The highest BCUT2D eigenvalue weighted by Gasteiger charge is 2.42. The molecule has 1 amide bonds. The van der Waals surface area contributed by atoms with E-state index in [2.05, 4.69) is 33.3 Å². The summed E-state index contributed by atoms with van der Waals surface area (Å²) in [6.07, 6.45) is 2.95. The number of carbonyl (C=O) groups is 1. The van der Waals surface area contributed by atoms with Crippen LogP contribution in [0.15, 0.2) is 42.5 Å². The number of piperazine rings is 1. The van der Waals surface area contributed by atoms with Crippen LogP contribution in [0.1, 0.15) is 18.4 Å². The summed E-state index contributed by atoms with van der Waals surface area (Å²) in [5.41, 5.74) is 3.46. The summed E-state index contributed by atoms with van der Waals surface area (Å²) in [4.78, 5) is 18.2. The van der Waals surface area contributed by atoms with Gasteiger partial charge in [0.1, 0.15) is 11.5 Å². The molecule has 0 saturated carbocycles. The van der Waals surface area contributed by atoms with Crippen molar-refractivity contribution in [3.05, 3.63) is 48.0 Å². The normalized spacial score (nSPS) is 24.1. The summed E-state index contributed by atoms with van der Waals surface area (Å²) in [6.45, 7) is 3.84. The quantitative estimate of drug-likeness (QED) is 0.729. The van der Waals surface area contributed by atoms with E-state index in [1.807, 2.05) is 24.3 Å². The Morgan fingerprint density at radius 1 is 1.12 bits per heavy atom. The monoisotopic (exact) mass is 451 g/mol. The molecule has 2 saturated heterocycles. The third-order valence-electron chi connectivity index (χ3n) is 7.22. The SMILES string of the molecule is COc1ccc2c(c1)N1CCN(c3ccccc3OC)C[C@@H]1[C@H](C(=O)NC[C@@H]1CCCO1)C2. The maximum Gasteiger partial charge on any atom is 0.225 e. The summed E-state index contributed by atoms with van der Waals surface area (Å²) in [5.74, 6) is 1.69. The molecule has 0 spiro atoms. The predicted octanol–water partition coefficient (Wildman–Crippen LogP) is 2.87. The zero-order valence-corrected chi connectivity index (χ0v) is 19.5. The second-order valence-electron chi connectivity index (χ2n) is 9.06. The van der Waals surface area contributed by atoms with Crippen LogP contribution < -0.4 is 24.6 Å². The van der Waals surface area contributed by atoms with Gasteiger partial charge in [0.05, 0.1) is 38.0 Å². The van der Waals surface area contributed by atoms with Gasteiger partial charge < -0.3 is 29.3 Å². The van der Waals surface area contributed by atoms with E-state index in [-0.39, 0.29) is 24.0 Å². The van der Waals surface area contributed by atoms with Gasteiger partial charge in [0.15, 0.2) is 0 Å². The third kappa shape index (κ3) is 4.34. The first-order valence-electron chi connectivity index (χ1n) is 11.9. The predicted molar refractivity (Wildman–Crippen MR) is 129 cm³/mol. The molecule has 0 unspecified atom stereocenters. The van der Waals surface area contributed by atoms with E-state index in [0.717, 1.165) is 62.7 Å². The molecule has 7 heteroatoms. The van der Waals surface area contributed by atoms with Crippen molar-refractivity contribution in [2.75, 3.05) is 56.8 Å². The second kappa shape index (κ2) is 9.51. The number of nitrogens with one attached hydrogen (secondary N) is 1. The van der Waals surface area contributed by atoms with E-state index in [0.29, 0.717) is 6.54 Å². The lowest BCUT2D eigenvalue weighted by Gasteiger charge is -2.49. The number of anilines is 2. The van der Waals surface area contributed by atoms with Gasteiger partial charge in [0.2, 0.25) is 5.91 Å². The van der Waals surface area contributed by atoms with Crippen molar-refractivity contribution >= 4 is 17.3 Å². The van der Waals surface area contributed by atoms with Gasteiger partial charge in [-0.15, -0.1) is 0 Å². The van der Waals surface area contributed by atoms with Gasteiger partial charge in [0.25, 0.3) is 0 Å². The van der Waals surface area contributed by atoms with Gasteiger partial charge in [-0.3, -0.25) is 4.79 Å². The molecule has 1 N–H and O–H groups in total. The molecule has 3 atom stereocenters. The van der Waals surface area contributed by atoms with E-state index >= 15 is 0 Å². The second-order valence-corrected chi connectivity index (χ2v) is 9.06. The highest BCUT2D eigenvalue weighted by Crippen LogP contribution is 2.40. The van der Waals surface area contributed by atoms with E-state index in [9.17, 15) is 4.79 Å². The van der Waals surface area contributed by atoms with E-state index in [4.69, 9.17) is 14.2 Å². The molecular weight excluding hydrogens is 418 g/mol. The molecule has 33 heavy (non-hydrogen) atoms. The first-order chi connectivity index (χ1) is 16.2. The fourth-order valence-corrected chi connectivity index (χ4v) is 5.47. The molecule has 0 radical (unpaired) electrons. The van der Waals surface area contributed by atoms with Gasteiger partial charge in [-0.05, 0) is 43.0 Å². The summed E-state index contributed by atoms with van der Waals surface area (Å²) in [7, 11) is 3.41. The number of hydrogen-bond donors (Lipinski definition) is 1. The molecule has 7 nitrogen and oxygen atoms in total. The van der Waals surface area contributed by atoms with Crippen molar-refractivity contribution < 1.29 is 19.0 Å². The minimum Gasteiger partial charge on any atom is -0.497 e. The fourth-order valence-electron chi connectivity index (χ4n) is 5.47.